The van der Waals surface area contributed by atoms with Crippen molar-refractivity contribution in [1.82, 2.24) is 0 Å². The molecule has 0 aliphatic carbocycles. The van der Waals surface area contributed by atoms with E-state index in [0.29, 0.717) is 18.9 Å². The summed E-state index contributed by atoms with van der Waals surface area (Å²) in [7, 11) is 0. The van der Waals surface area contributed by atoms with Gasteiger partial charge in [-0.25, -0.2) is 8.78 Å². The summed E-state index contributed by atoms with van der Waals surface area (Å²) in [5.74, 6) is -1.25. The van der Waals surface area contributed by atoms with E-state index in [1.807, 2.05) is 6.92 Å². The van der Waals surface area contributed by atoms with E-state index in [2.05, 4.69) is 0 Å². The van der Waals surface area contributed by atoms with E-state index in [0.717, 1.165) is 12.1 Å². The molecular formula is C10H13F2NO. The fraction of sp³-hybridized carbons (Fsp3) is 0.400. The monoisotopic (exact) mass is 201 g/mol. The second-order valence-electron chi connectivity index (χ2n) is 3.23. The molecule has 0 spiro atoms. The van der Waals surface area contributed by atoms with Crippen molar-refractivity contribution < 1.29 is 13.5 Å². The second kappa shape index (κ2) is 4.91. The smallest absolute Gasteiger partial charge is 0.162 e. The number of rotatable bonds is 4. The van der Waals surface area contributed by atoms with Gasteiger partial charge < -0.3 is 10.5 Å². The highest BCUT2D eigenvalue weighted by Crippen LogP contribution is 2.15. The summed E-state index contributed by atoms with van der Waals surface area (Å²) in [6.45, 7) is 2.82. The van der Waals surface area contributed by atoms with Crippen molar-refractivity contribution in [3.8, 4) is 5.75 Å². The summed E-state index contributed by atoms with van der Waals surface area (Å²) in [5.41, 5.74) is 5.38. The lowest BCUT2D eigenvalue weighted by Crippen LogP contribution is -2.18. The topological polar surface area (TPSA) is 35.2 Å². The maximum atomic E-state index is 12.7. The van der Waals surface area contributed by atoms with E-state index in [1.54, 1.807) is 0 Å². The highest BCUT2D eigenvalue weighted by atomic mass is 19.2. The first kappa shape index (κ1) is 10.9. The number of benzene rings is 1. The average molecular weight is 201 g/mol. The number of nitrogens with two attached hydrogens (primary N) is 1. The number of hydrogen-bond acceptors (Lipinski definition) is 2. The number of halogens is 2. The molecule has 1 unspecified atom stereocenters. The normalized spacial score (nSPS) is 12.6. The zero-order chi connectivity index (χ0) is 10.6. The van der Waals surface area contributed by atoms with Crippen LogP contribution in [0.2, 0.25) is 0 Å². The zero-order valence-electron chi connectivity index (χ0n) is 7.97. The van der Waals surface area contributed by atoms with Crippen molar-refractivity contribution in [3.05, 3.63) is 29.8 Å². The lowest BCUT2D eigenvalue weighted by Gasteiger charge is -2.10. The molecule has 1 rings (SSSR count). The van der Waals surface area contributed by atoms with Crippen molar-refractivity contribution in [2.24, 2.45) is 11.7 Å². The molecule has 1 atom stereocenters. The van der Waals surface area contributed by atoms with Crippen LogP contribution >= 0.6 is 0 Å². The molecule has 0 amide bonds. The Kier molecular flexibility index (Phi) is 3.83. The van der Waals surface area contributed by atoms with Crippen molar-refractivity contribution in [2.75, 3.05) is 13.2 Å². The quantitative estimate of drug-likeness (QED) is 0.807. The highest BCUT2D eigenvalue weighted by Gasteiger charge is 2.04. The molecule has 78 valence electrons. The van der Waals surface area contributed by atoms with Gasteiger partial charge in [-0.15, -0.1) is 0 Å². The Balaban J connectivity index is 2.55. The molecule has 0 saturated carbocycles. The van der Waals surface area contributed by atoms with Gasteiger partial charge >= 0.3 is 0 Å². The molecule has 0 heterocycles. The maximum absolute atomic E-state index is 12.7. The van der Waals surface area contributed by atoms with Gasteiger partial charge in [-0.2, -0.15) is 0 Å². The Hall–Kier alpha value is -1.16. The molecule has 2 nitrogen and oxygen atoms in total. The minimum absolute atomic E-state index is 0.197. The predicted molar refractivity (Wildman–Crippen MR) is 50.1 cm³/mol. The van der Waals surface area contributed by atoms with Crippen LogP contribution in [0.3, 0.4) is 0 Å². The summed E-state index contributed by atoms with van der Waals surface area (Å²) in [4.78, 5) is 0. The summed E-state index contributed by atoms with van der Waals surface area (Å²) in [6, 6.07) is 3.46. The van der Waals surface area contributed by atoms with Crippen molar-refractivity contribution in [2.45, 2.75) is 6.92 Å². The Bertz CT molecular complexity index is 304. The summed E-state index contributed by atoms with van der Waals surface area (Å²) < 4.78 is 30.4. The standard InChI is InChI=1S/C10H13F2NO/c1-7(5-13)6-14-8-2-3-9(11)10(12)4-8/h2-4,7H,5-6,13H2,1H3. The first-order valence-corrected chi connectivity index (χ1v) is 4.41. The van der Waals surface area contributed by atoms with Crippen LogP contribution in [0, 0.1) is 17.6 Å². The van der Waals surface area contributed by atoms with Crippen LogP contribution in [-0.2, 0) is 0 Å². The Morgan fingerprint density at radius 1 is 1.36 bits per heavy atom. The molecule has 0 bridgehead atoms. The molecule has 14 heavy (non-hydrogen) atoms. The van der Waals surface area contributed by atoms with E-state index in [4.69, 9.17) is 10.5 Å². The molecule has 0 radical (unpaired) electrons. The first-order chi connectivity index (χ1) is 6.63. The Morgan fingerprint density at radius 3 is 2.64 bits per heavy atom. The molecule has 0 saturated heterocycles. The summed E-state index contributed by atoms with van der Waals surface area (Å²) in [6.07, 6.45) is 0. The largest absolute Gasteiger partial charge is 0.493 e. The SMILES string of the molecule is CC(CN)COc1ccc(F)c(F)c1. The van der Waals surface area contributed by atoms with Gasteiger partial charge in [0.05, 0.1) is 6.61 Å². The van der Waals surface area contributed by atoms with Gasteiger partial charge in [-0.3, -0.25) is 0 Å². The molecule has 1 aromatic carbocycles. The molecule has 0 fully saturated rings. The van der Waals surface area contributed by atoms with Crippen LogP contribution in [-0.4, -0.2) is 13.2 Å². The van der Waals surface area contributed by atoms with E-state index in [-0.39, 0.29) is 5.92 Å². The van der Waals surface area contributed by atoms with E-state index in [9.17, 15) is 8.78 Å². The van der Waals surface area contributed by atoms with Gasteiger partial charge in [0.1, 0.15) is 5.75 Å². The third kappa shape index (κ3) is 2.96. The summed E-state index contributed by atoms with van der Waals surface area (Å²) >= 11 is 0. The van der Waals surface area contributed by atoms with Gasteiger partial charge in [0.2, 0.25) is 0 Å². The molecule has 2 N–H and O–H groups in total. The first-order valence-electron chi connectivity index (χ1n) is 4.41. The molecule has 4 heteroatoms. The number of hydrogen-bond donors (Lipinski definition) is 1. The molecule has 0 aliphatic rings. The second-order valence-corrected chi connectivity index (χ2v) is 3.23. The fourth-order valence-electron chi connectivity index (χ4n) is 0.873. The van der Waals surface area contributed by atoms with Gasteiger partial charge in [0.15, 0.2) is 11.6 Å². The van der Waals surface area contributed by atoms with Crippen LogP contribution < -0.4 is 10.5 Å². The number of ether oxygens (including phenoxy) is 1. The third-order valence-corrected chi connectivity index (χ3v) is 1.83. The van der Waals surface area contributed by atoms with E-state index < -0.39 is 11.6 Å². The lowest BCUT2D eigenvalue weighted by atomic mass is 10.2. The minimum atomic E-state index is -0.900. The van der Waals surface area contributed by atoms with Gasteiger partial charge in [0, 0.05) is 12.0 Å². The molecule has 0 aliphatic heterocycles. The molecule has 0 aromatic heterocycles. The van der Waals surface area contributed by atoms with Gasteiger partial charge in [0.25, 0.3) is 0 Å². The average Bonchev–Trinajstić information content (AvgIpc) is 2.19. The fourth-order valence-corrected chi connectivity index (χ4v) is 0.873. The van der Waals surface area contributed by atoms with Gasteiger partial charge in [-0.1, -0.05) is 6.92 Å². The molecular weight excluding hydrogens is 188 g/mol. The van der Waals surface area contributed by atoms with Crippen molar-refractivity contribution in [1.29, 1.82) is 0 Å². The minimum Gasteiger partial charge on any atom is -0.493 e. The van der Waals surface area contributed by atoms with Crippen molar-refractivity contribution >= 4 is 0 Å². The molecule has 1 aromatic rings. The van der Waals surface area contributed by atoms with E-state index >= 15 is 0 Å². The van der Waals surface area contributed by atoms with Crippen molar-refractivity contribution in [3.63, 3.8) is 0 Å². The zero-order valence-corrected chi connectivity index (χ0v) is 7.97. The predicted octanol–water partition coefficient (Wildman–Crippen LogP) is 1.94. The highest BCUT2D eigenvalue weighted by molar-refractivity contribution is 5.23. The van der Waals surface area contributed by atoms with Crippen LogP contribution in [0.4, 0.5) is 8.78 Å². The van der Waals surface area contributed by atoms with E-state index in [1.165, 1.54) is 6.07 Å². The Morgan fingerprint density at radius 2 is 2.07 bits per heavy atom. The maximum Gasteiger partial charge on any atom is 0.162 e. The van der Waals surface area contributed by atoms with Gasteiger partial charge in [-0.05, 0) is 18.7 Å². The van der Waals surface area contributed by atoms with Crippen LogP contribution in [0.15, 0.2) is 18.2 Å². The van der Waals surface area contributed by atoms with Crippen LogP contribution in [0.1, 0.15) is 6.92 Å². The Labute approximate surface area is 81.7 Å². The summed E-state index contributed by atoms with van der Waals surface area (Å²) in [5, 5.41) is 0. The lowest BCUT2D eigenvalue weighted by molar-refractivity contribution is 0.262. The van der Waals surface area contributed by atoms with Crippen LogP contribution in [0.25, 0.3) is 0 Å². The third-order valence-electron chi connectivity index (χ3n) is 1.83. The van der Waals surface area contributed by atoms with Crippen LogP contribution in [0.5, 0.6) is 5.75 Å².